The quantitative estimate of drug-likeness (QED) is 0.0386. The lowest BCUT2D eigenvalue weighted by Crippen LogP contribution is -2.60. The van der Waals surface area contributed by atoms with E-state index in [0.717, 1.165) is 11.1 Å². The van der Waals surface area contributed by atoms with Gasteiger partial charge in [0.25, 0.3) is 0 Å². The van der Waals surface area contributed by atoms with Gasteiger partial charge in [0.1, 0.15) is 66.7 Å². The Hall–Kier alpha value is -8.77. The van der Waals surface area contributed by atoms with Crippen LogP contribution in [0, 0.1) is 11.8 Å². The number of carbonyl (C=O) groups excluding carboxylic acids is 11. The van der Waals surface area contributed by atoms with E-state index in [1.165, 1.54) is 28.8 Å². The number of amides is 11. The number of nitrogens with zero attached hydrogens (tertiary/aromatic N) is 4. The van der Waals surface area contributed by atoms with E-state index in [4.69, 9.17) is 28.4 Å². The Bertz CT molecular complexity index is 3300. The van der Waals surface area contributed by atoms with Crippen molar-refractivity contribution in [2.24, 2.45) is 11.8 Å². The van der Waals surface area contributed by atoms with Gasteiger partial charge in [-0.3, -0.25) is 53.0 Å². The molecule has 7 rings (SSSR count). The predicted molar refractivity (Wildman–Crippen MR) is 382 cm³/mol. The lowest BCUT2D eigenvalue weighted by molar-refractivity contribution is -0.145. The van der Waals surface area contributed by atoms with Gasteiger partial charge in [-0.05, 0) is 122 Å². The van der Waals surface area contributed by atoms with Crippen molar-refractivity contribution in [3.05, 3.63) is 108 Å². The third kappa shape index (κ3) is 23.9. The van der Waals surface area contributed by atoms with E-state index in [1.807, 2.05) is 60.7 Å². The molecule has 4 heterocycles. The summed E-state index contributed by atoms with van der Waals surface area (Å²) in [6.07, 6.45) is 2.45. The molecular formula is C75H109N11O18. The number of nitrogens with one attached hydrogen (secondary N) is 7. The van der Waals surface area contributed by atoms with E-state index in [1.54, 1.807) is 90.6 Å². The van der Waals surface area contributed by atoms with Gasteiger partial charge < -0.3 is 80.5 Å². The van der Waals surface area contributed by atoms with Gasteiger partial charge >= 0.3 is 12.2 Å². The fourth-order valence-electron chi connectivity index (χ4n) is 13.7. The third-order valence-corrected chi connectivity index (χ3v) is 19.0. The smallest absolute Gasteiger partial charge is 0.410 e. The predicted octanol–water partition coefficient (Wildman–Crippen LogP) is 3.96. The molecule has 8 N–H and O–H groups in total. The van der Waals surface area contributed by atoms with E-state index in [-0.39, 0.29) is 90.1 Å². The second kappa shape index (κ2) is 39.9. The Morgan fingerprint density at radius 2 is 0.885 bits per heavy atom. The number of carbonyl (C=O) groups is 11. The van der Waals surface area contributed by atoms with Gasteiger partial charge in [-0.2, -0.15) is 0 Å². The van der Waals surface area contributed by atoms with Crippen molar-refractivity contribution in [2.45, 2.75) is 191 Å². The van der Waals surface area contributed by atoms with E-state index < -0.39 is 151 Å². The first-order chi connectivity index (χ1) is 49.6. The molecule has 29 heteroatoms. The highest BCUT2D eigenvalue weighted by Crippen LogP contribution is 2.37. The van der Waals surface area contributed by atoms with Crippen LogP contribution in [0.3, 0.4) is 0 Å². The molecule has 4 fully saturated rings. The first kappa shape index (κ1) is 82.5. The summed E-state index contributed by atoms with van der Waals surface area (Å²) in [5, 5.41) is 30.6. The SMILES string of the molecule is CC[C@@H](C(=O)N[C@@H]1C(=O)N2[C@@H](CC[C@@H]1CNC(=O)COCC(=O)NCCOCCOCCOCCNC(=O)[C@@H](NC(=O)[C@@H]1CC[C@@H]3CC[C@H](CO)[C@H](NC(=O)[C@H](CC)N(C)C(=O)OC(C)(C)C)C(=O)N31)c1ccccc1)CC[C@H]2C(=O)NC(c1ccccc1)c1ccccc1)N(C)C(=O)OC(C)(C)C. The Kier molecular flexibility index (Phi) is 31.7. The summed E-state index contributed by atoms with van der Waals surface area (Å²) in [6, 6.07) is 19.2. The lowest BCUT2D eigenvalue weighted by Gasteiger charge is -2.34. The second-order valence-electron chi connectivity index (χ2n) is 28.7. The molecule has 3 aromatic carbocycles. The average molecular weight is 1450 g/mol. The van der Waals surface area contributed by atoms with Gasteiger partial charge in [0.2, 0.25) is 53.2 Å². The number of hydrogen-bond donors (Lipinski definition) is 8. The summed E-state index contributed by atoms with van der Waals surface area (Å²) in [6.45, 7) is 13.7. The van der Waals surface area contributed by atoms with Crippen molar-refractivity contribution in [1.82, 2.24) is 56.8 Å². The average Bonchev–Trinajstić information content (AvgIpc) is 1.64. The molecule has 29 nitrogen and oxygen atoms in total. The zero-order chi connectivity index (χ0) is 75.7. The molecule has 0 unspecified atom stereocenters. The number of aliphatic hydroxyl groups excluding tert-OH is 1. The van der Waals surface area contributed by atoms with Gasteiger partial charge in [-0.15, -0.1) is 0 Å². The number of hydrogen-bond acceptors (Lipinski definition) is 18. The molecule has 0 spiro atoms. The summed E-state index contributed by atoms with van der Waals surface area (Å²) in [7, 11) is 2.90. The van der Waals surface area contributed by atoms with Gasteiger partial charge in [0, 0.05) is 64.3 Å². The van der Waals surface area contributed by atoms with Crippen molar-refractivity contribution in [1.29, 1.82) is 0 Å². The lowest BCUT2D eigenvalue weighted by atomic mass is 9.92. The number of benzene rings is 3. The van der Waals surface area contributed by atoms with E-state index >= 15 is 4.79 Å². The van der Waals surface area contributed by atoms with Gasteiger partial charge in [-0.1, -0.05) is 105 Å². The van der Waals surface area contributed by atoms with Crippen LogP contribution in [0.15, 0.2) is 91.0 Å². The maximum absolute atomic E-state index is 15.0. The van der Waals surface area contributed by atoms with E-state index in [2.05, 4.69) is 37.2 Å². The van der Waals surface area contributed by atoms with Crippen molar-refractivity contribution < 1.29 is 86.3 Å². The highest BCUT2D eigenvalue weighted by Gasteiger charge is 2.51. The fraction of sp³-hybridized carbons (Fsp3) is 0.613. The fourth-order valence-corrected chi connectivity index (χ4v) is 13.7. The minimum Gasteiger partial charge on any atom is -0.444 e. The summed E-state index contributed by atoms with van der Waals surface area (Å²) in [5.74, 6) is -6.00. The van der Waals surface area contributed by atoms with Crippen LogP contribution in [0.1, 0.15) is 148 Å². The zero-order valence-corrected chi connectivity index (χ0v) is 61.8. The molecule has 572 valence electrons. The Morgan fingerprint density at radius 1 is 0.490 bits per heavy atom. The third-order valence-electron chi connectivity index (χ3n) is 19.0. The Morgan fingerprint density at radius 3 is 1.33 bits per heavy atom. The van der Waals surface area contributed by atoms with Crippen molar-refractivity contribution in [3.8, 4) is 0 Å². The standard InChI is InChI=1S/C75H109N11O18/c1-11-55(83(9)72(97)103-74(3,4)5)65(90)81-63-51(28-30-53-32-34-57(85(53)70(63)95)67(92)79-61(48-22-16-13-17-23-48)49-24-18-14-19-25-49)44-78-60(89)47-102-46-59(88)76-36-38-99-40-42-101-43-41-100-39-37-77-69(94)62(50-26-20-15-21-27-50)80-68(93)58-35-33-54-31-29-52(45-87)64(71(96)86(54)58)82-66(91)56(12-2)84(10)73(98)104-75(6,7)8/h13-27,51-58,61-64,87H,11-12,28-47H2,1-10H3,(H,76,88)(H,77,94)(H,78,89)(H,79,92)(H,80,93)(H,81,90)(H,82,91)/t51-,52-,53+,54+,55+,56+,57+,58+,62+,63+,64+/m1/s1. The van der Waals surface area contributed by atoms with Crippen LogP contribution in [0.4, 0.5) is 9.59 Å². The molecular weight excluding hydrogens is 1340 g/mol. The van der Waals surface area contributed by atoms with Crippen LogP contribution in [-0.2, 0) is 71.6 Å². The van der Waals surface area contributed by atoms with E-state index in [9.17, 15) is 53.1 Å². The normalized spacial score (nSPS) is 21.2. The highest BCUT2D eigenvalue weighted by atomic mass is 16.6. The number of aliphatic hydroxyl groups is 1. The van der Waals surface area contributed by atoms with Gasteiger partial charge in [0.05, 0.1) is 45.7 Å². The second-order valence-corrected chi connectivity index (χ2v) is 28.7. The summed E-state index contributed by atoms with van der Waals surface area (Å²) < 4.78 is 33.4. The van der Waals surface area contributed by atoms with Crippen LogP contribution in [0.5, 0.6) is 0 Å². The first-order valence-corrected chi connectivity index (χ1v) is 36.3. The molecule has 0 radical (unpaired) electrons. The molecule has 4 aliphatic heterocycles. The molecule has 0 saturated carbocycles. The van der Waals surface area contributed by atoms with Crippen molar-refractivity contribution in [2.75, 3.05) is 93.2 Å². The van der Waals surface area contributed by atoms with Crippen LogP contribution in [-0.4, -0.2) is 243 Å². The molecule has 0 bridgehead atoms. The molecule has 11 atom stereocenters. The van der Waals surface area contributed by atoms with Crippen molar-refractivity contribution >= 4 is 65.4 Å². The number of ether oxygens (including phenoxy) is 6. The monoisotopic (exact) mass is 1450 g/mol. The molecule has 0 aliphatic carbocycles. The molecule has 11 amide bonds. The summed E-state index contributed by atoms with van der Waals surface area (Å²) >= 11 is 0. The summed E-state index contributed by atoms with van der Waals surface area (Å²) in [4.78, 5) is 158. The largest absolute Gasteiger partial charge is 0.444 e. The zero-order valence-electron chi connectivity index (χ0n) is 61.8. The molecule has 4 aliphatic rings. The Balaban J connectivity index is 0.801. The maximum atomic E-state index is 15.0. The van der Waals surface area contributed by atoms with Gasteiger partial charge in [-0.25, -0.2) is 9.59 Å². The number of likely N-dealkylation sites (N-methyl/N-ethyl adjacent to an activating group) is 2. The number of fused-ring (bicyclic) bond motifs is 2. The van der Waals surface area contributed by atoms with Crippen LogP contribution < -0.4 is 37.2 Å². The van der Waals surface area contributed by atoms with E-state index in [0.29, 0.717) is 56.9 Å². The summed E-state index contributed by atoms with van der Waals surface area (Å²) in [5.41, 5.74) is 0.567. The number of rotatable bonds is 35. The van der Waals surface area contributed by atoms with Crippen molar-refractivity contribution in [3.63, 3.8) is 0 Å². The van der Waals surface area contributed by atoms with Crippen LogP contribution in [0.25, 0.3) is 0 Å². The molecule has 0 aromatic heterocycles. The maximum Gasteiger partial charge on any atom is 0.410 e. The molecule has 3 aromatic rings. The topological polar surface area (TPSA) is 361 Å². The van der Waals surface area contributed by atoms with Crippen LogP contribution in [0.2, 0.25) is 0 Å². The molecule has 4 saturated heterocycles. The highest BCUT2D eigenvalue weighted by molar-refractivity contribution is 5.97. The van der Waals surface area contributed by atoms with Crippen LogP contribution >= 0.6 is 0 Å². The minimum atomic E-state index is -1.20. The first-order valence-electron chi connectivity index (χ1n) is 36.3. The Labute approximate surface area is 609 Å². The molecule has 104 heavy (non-hydrogen) atoms. The van der Waals surface area contributed by atoms with Gasteiger partial charge in [0.15, 0.2) is 0 Å². The minimum absolute atomic E-state index is 0.0576.